The van der Waals surface area contributed by atoms with Crippen molar-refractivity contribution in [2.75, 3.05) is 6.61 Å². The summed E-state index contributed by atoms with van der Waals surface area (Å²) >= 11 is 5.22. The molecule has 0 atom stereocenters. The number of para-hydroxylation sites is 1. The molecule has 0 aliphatic carbocycles. The molecule has 0 aliphatic rings. The van der Waals surface area contributed by atoms with Crippen molar-refractivity contribution in [1.29, 1.82) is 0 Å². The van der Waals surface area contributed by atoms with Crippen LogP contribution in [0.5, 0.6) is 5.75 Å². The minimum atomic E-state index is 0.504. The third-order valence-corrected chi connectivity index (χ3v) is 3.44. The van der Waals surface area contributed by atoms with Crippen LogP contribution in [0.1, 0.15) is 44.5 Å². The van der Waals surface area contributed by atoms with Gasteiger partial charge in [-0.05, 0) is 37.2 Å². The van der Waals surface area contributed by atoms with Crippen molar-refractivity contribution in [3.63, 3.8) is 0 Å². The van der Waals surface area contributed by atoms with Gasteiger partial charge in [-0.25, -0.2) is 0 Å². The summed E-state index contributed by atoms with van der Waals surface area (Å²) in [5.41, 5.74) is 0.934. The van der Waals surface area contributed by atoms with Gasteiger partial charge >= 0.3 is 0 Å². The summed E-state index contributed by atoms with van der Waals surface area (Å²) in [6, 6.07) is 7.87. The zero-order chi connectivity index (χ0) is 15.8. The molecule has 0 amide bonds. The van der Waals surface area contributed by atoms with Crippen LogP contribution in [0.2, 0.25) is 0 Å². The molecule has 0 bridgehead atoms. The minimum absolute atomic E-state index is 0.504. The Morgan fingerprint density at radius 2 is 2.14 bits per heavy atom. The number of unbranched alkanes of at least 4 members (excludes halogenated alkanes) is 1. The number of nitrogens with zero attached hydrogens (tertiary/aromatic N) is 3. The first-order valence-electron chi connectivity index (χ1n) is 7.68. The van der Waals surface area contributed by atoms with Crippen molar-refractivity contribution in [2.45, 2.75) is 39.5 Å². The molecule has 0 aliphatic heterocycles. The van der Waals surface area contributed by atoms with E-state index >= 15 is 0 Å². The van der Waals surface area contributed by atoms with E-state index in [1.807, 2.05) is 24.3 Å². The minimum Gasteiger partial charge on any atom is -0.493 e. The first-order chi connectivity index (χ1) is 10.8. The van der Waals surface area contributed by atoms with Crippen LogP contribution in [0.25, 0.3) is 0 Å². The summed E-state index contributed by atoms with van der Waals surface area (Å²) in [6.07, 6.45) is 5.75. The van der Waals surface area contributed by atoms with Crippen molar-refractivity contribution in [3.8, 4) is 5.75 Å². The lowest BCUT2D eigenvalue weighted by Gasteiger charge is -2.08. The van der Waals surface area contributed by atoms with Gasteiger partial charge in [0.25, 0.3) is 0 Å². The van der Waals surface area contributed by atoms with E-state index in [0.29, 0.717) is 11.4 Å². The van der Waals surface area contributed by atoms with Gasteiger partial charge in [0.05, 0.1) is 12.8 Å². The van der Waals surface area contributed by atoms with E-state index in [4.69, 9.17) is 17.0 Å². The quantitative estimate of drug-likeness (QED) is 0.455. The molecule has 2 aromatic rings. The number of ether oxygens (including phenoxy) is 1. The van der Waals surface area contributed by atoms with Gasteiger partial charge in [-0.1, -0.05) is 32.4 Å². The third kappa shape index (κ3) is 4.27. The van der Waals surface area contributed by atoms with Gasteiger partial charge in [-0.2, -0.15) is 14.9 Å². The Balaban J connectivity index is 2.20. The zero-order valence-electron chi connectivity index (χ0n) is 13.1. The number of rotatable bonds is 8. The van der Waals surface area contributed by atoms with E-state index in [2.05, 4.69) is 29.1 Å². The molecule has 0 fully saturated rings. The third-order valence-electron chi connectivity index (χ3n) is 3.18. The molecule has 5 nitrogen and oxygen atoms in total. The zero-order valence-corrected chi connectivity index (χ0v) is 13.9. The predicted octanol–water partition coefficient (Wildman–Crippen LogP) is 3.95. The van der Waals surface area contributed by atoms with Crippen molar-refractivity contribution < 1.29 is 4.74 Å². The van der Waals surface area contributed by atoms with E-state index in [1.54, 1.807) is 10.9 Å². The largest absolute Gasteiger partial charge is 0.493 e. The summed E-state index contributed by atoms with van der Waals surface area (Å²) in [5, 5.41) is 11.4. The Morgan fingerprint density at radius 3 is 2.91 bits per heavy atom. The van der Waals surface area contributed by atoms with E-state index in [1.165, 1.54) is 0 Å². The van der Waals surface area contributed by atoms with Gasteiger partial charge in [-0.3, -0.25) is 5.10 Å². The Bertz CT molecular complexity index is 675. The van der Waals surface area contributed by atoms with Crippen molar-refractivity contribution >= 4 is 18.4 Å². The van der Waals surface area contributed by atoms with Crippen LogP contribution in [-0.2, 0) is 6.42 Å². The first kappa shape index (κ1) is 16.4. The molecule has 1 heterocycles. The molecule has 0 saturated heterocycles. The molecule has 0 unspecified atom stereocenters. The number of H-pyrrole nitrogens is 1. The first-order valence-corrected chi connectivity index (χ1v) is 8.09. The van der Waals surface area contributed by atoms with Gasteiger partial charge in [0.15, 0.2) is 5.82 Å². The van der Waals surface area contributed by atoms with Crippen LogP contribution in [0, 0.1) is 4.77 Å². The van der Waals surface area contributed by atoms with Gasteiger partial charge in [0, 0.05) is 12.0 Å². The van der Waals surface area contributed by atoms with Gasteiger partial charge in [-0.15, -0.1) is 0 Å². The number of aromatic amines is 1. The normalized spacial score (nSPS) is 11.2. The van der Waals surface area contributed by atoms with Crippen LogP contribution in [0.4, 0.5) is 0 Å². The summed E-state index contributed by atoms with van der Waals surface area (Å²) < 4.78 is 7.98. The highest BCUT2D eigenvalue weighted by Crippen LogP contribution is 2.16. The summed E-state index contributed by atoms with van der Waals surface area (Å²) in [5.74, 6) is 1.68. The van der Waals surface area contributed by atoms with Gasteiger partial charge in [0.2, 0.25) is 4.77 Å². The molecule has 118 valence electrons. The number of aryl methyl sites for hydroxylation is 1. The Hall–Kier alpha value is -1.95. The fraction of sp³-hybridized carbons (Fsp3) is 0.438. The molecule has 22 heavy (non-hydrogen) atoms. The highest BCUT2D eigenvalue weighted by molar-refractivity contribution is 7.71. The number of nitrogens with one attached hydrogen (secondary N) is 1. The average molecular weight is 318 g/mol. The van der Waals surface area contributed by atoms with Gasteiger partial charge in [0.1, 0.15) is 5.75 Å². The molecular weight excluding hydrogens is 296 g/mol. The second-order valence-electron chi connectivity index (χ2n) is 4.99. The monoisotopic (exact) mass is 318 g/mol. The van der Waals surface area contributed by atoms with Crippen LogP contribution in [-0.4, -0.2) is 27.7 Å². The van der Waals surface area contributed by atoms with Gasteiger partial charge < -0.3 is 4.74 Å². The Morgan fingerprint density at radius 1 is 1.32 bits per heavy atom. The maximum absolute atomic E-state index is 5.81. The molecule has 1 aromatic carbocycles. The summed E-state index contributed by atoms with van der Waals surface area (Å²) in [7, 11) is 0. The lowest BCUT2D eigenvalue weighted by atomic mass is 10.2. The SMILES string of the molecule is CCCCOc1ccccc1/C=N\n1c(CCC)n[nH]c1=S. The topological polar surface area (TPSA) is 55.2 Å². The maximum Gasteiger partial charge on any atom is 0.216 e. The average Bonchev–Trinajstić information content (AvgIpc) is 2.87. The smallest absolute Gasteiger partial charge is 0.216 e. The van der Waals surface area contributed by atoms with Crippen molar-refractivity contribution in [1.82, 2.24) is 14.9 Å². The molecular formula is C16H22N4OS. The van der Waals surface area contributed by atoms with E-state index in [-0.39, 0.29) is 0 Å². The number of hydrogen-bond acceptors (Lipinski definition) is 4. The lowest BCUT2D eigenvalue weighted by Crippen LogP contribution is -2.01. The molecule has 6 heteroatoms. The van der Waals surface area contributed by atoms with E-state index in [0.717, 1.165) is 42.8 Å². The fourth-order valence-electron chi connectivity index (χ4n) is 1.99. The highest BCUT2D eigenvalue weighted by atomic mass is 32.1. The molecule has 2 rings (SSSR count). The van der Waals surface area contributed by atoms with Crippen LogP contribution < -0.4 is 4.74 Å². The second-order valence-corrected chi connectivity index (χ2v) is 5.38. The highest BCUT2D eigenvalue weighted by Gasteiger charge is 2.04. The Kier molecular flexibility index (Phi) is 6.33. The lowest BCUT2D eigenvalue weighted by molar-refractivity contribution is 0.309. The summed E-state index contributed by atoms with van der Waals surface area (Å²) in [6.45, 7) is 4.96. The van der Waals surface area contributed by atoms with Crippen molar-refractivity contribution in [3.05, 3.63) is 40.4 Å². The number of benzene rings is 1. The Labute approximate surface area is 136 Å². The van der Waals surface area contributed by atoms with E-state index < -0.39 is 0 Å². The predicted molar refractivity (Wildman–Crippen MR) is 91.2 cm³/mol. The second kappa shape index (κ2) is 8.48. The molecule has 0 saturated carbocycles. The standard InChI is InChI=1S/C16H22N4OS/c1-3-5-11-21-14-10-7-6-9-13(14)12-17-20-15(8-4-2)18-19-16(20)22/h6-7,9-10,12H,3-5,8,11H2,1-2H3,(H,19,22)/b17-12-. The van der Waals surface area contributed by atoms with Crippen LogP contribution >= 0.6 is 12.2 Å². The molecule has 0 radical (unpaired) electrons. The fourth-order valence-corrected chi connectivity index (χ4v) is 2.19. The number of aromatic nitrogens is 3. The van der Waals surface area contributed by atoms with Crippen LogP contribution in [0.15, 0.2) is 29.4 Å². The van der Waals surface area contributed by atoms with E-state index in [9.17, 15) is 0 Å². The number of hydrogen-bond donors (Lipinski definition) is 1. The molecule has 0 spiro atoms. The van der Waals surface area contributed by atoms with Crippen LogP contribution in [0.3, 0.4) is 0 Å². The molecule has 1 aromatic heterocycles. The maximum atomic E-state index is 5.81. The van der Waals surface area contributed by atoms with Crippen molar-refractivity contribution in [2.24, 2.45) is 5.10 Å². The molecule has 1 N–H and O–H groups in total. The summed E-state index contributed by atoms with van der Waals surface area (Å²) in [4.78, 5) is 0.